The minimum absolute atomic E-state index is 0.328. The highest BCUT2D eigenvalue weighted by Gasteiger charge is 2.15. The van der Waals surface area contributed by atoms with E-state index >= 15 is 0 Å². The number of carboxylic acids is 1. The van der Waals surface area contributed by atoms with Gasteiger partial charge >= 0.3 is 5.97 Å². The van der Waals surface area contributed by atoms with E-state index in [9.17, 15) is 4.79 Å². The fraction of sp³-hybridized carbons (Fsp3) is 0.462. The molecule has 0 saturated carbocycles. The van der Waals surface area contributed by atoms with Crippen LogP contribution in [0.3, 0.4) is 0 Å². The Morgan fingerprint density at radius 2 is 2.00 bits per heavy atom. The molecule has 4 heteroatoms. The topological polar surface area (TPSA) is 40.5 Å². The van der Waals surface area contributed by atoms with Crippen LogP contribution in [0.2, 0.25) is 0 Å². The summed E-state index contributed by atoms with van der Waals surface area (Å²) >= 11 is 3.40. The number of carboxylic acid groups (broad SMARTS) is 1. The van der Waals surface area contributed by atoms with Crippen LogP contribution in [0.15, 0.2) is 28.7 Å². The van der Waals surface area contributed by atoms with Crippen molar-refractivity contribution in [3.8, 4) is 0 Å². The fourth-order valence-corrected chi connectivity index (χ4v) is 1.88. The van der Waals surface area contributed by atoms with Gasteiger partial charge in [-0.2, -0.15) is 0 Å². The van der Waals surface area contributed by atoms with E-state index in [2.05, 4.69) is 33.0 Å². The lowest BCUT2D eigenvalue weighted by Crippen LogP contribution is -2.31. The van der Waals surface area contributed by atoms with Crippen LogP contribution in [-0.2, 0) is 11.3 Å². The van der Waals surface area contributed by atoms with E-state index in [1.807, 2.05) is 19.1 Å². The molecular weight excluding hydrogens is 282 g/mol. The molecule has 0 aliphatic carbocycles. The number of rotatable bonds is 6. The van der Waals surface area contributed by atoms with E-state index in [0.717, 1.165) is 17.6 Å². The second kappa shape index (κ2) is 6.77. The average Bonchev–Trinajstić information content (AvgIpc) is 2.30. The van der Waals surface area contributed by atoms with E-state index in [0.29, 0.717) is 6.54 Å². The highest BCUT2D eigenvalue weighted by Crippen LogP contribution is 2.13. The molecule has 0 aliphatic rings. The van der Waals surface area contributed by atoms with Crippen molar-refractivity contribution in [2.75, 3.05) is 13.1 Å². The first-order chi connectivity index (χ1) is 8.02. The van der Waals surface area contributed by atoms with Crippen LogP contribution in [0.4, 0.5) is 0 Å². The van der Waals surface area contributed by atoms with Crippen molar-refractivity contribution in [3.05, 3.63) is 34.3 Å². The van der Waals surface area contributed by atoms with E-state index in [1.54, 1.807) is 6.92 Å². The zero-order valence-electron chi connectivity index (χ0n) is 10.2. The van der Waals surface area contributed by atoms with Crippen LogP contribution in [0.25, 0.3) is 0 Å². The molecule has 0 heterocycles. The van der Waals surface area contributed by atoms with Gasteiger partial charge in [0.15, 0.2) is 0 Å². The predicted octanol–water partition coefficient (Wildman–Crippen LogP) is 2.99. The molecule has 1 aromatic carbocycles. The third kappa shape index (κ3) is 4.88. The maximum atomic E-state index is 10.8. The van der Waals surface area contributed by atoms with Gasteiger partial charge in [0.25, 0.3) is 0 Å². The van der Waals surface area contributed by atoms with E-state index in [1.165, 1.54) is 5.56 Å². The summed E-state index contributed by atoms with van der Waals surface area (Å²) in [4.78, 5) is 13.0. The highest BCUT2D eigenvalue weighted by atomic mass is 79.9. The molecular formula is C13H18BrNO2. The first-order valence-electron chi connectivity index (χ1n) is 5.72. The van der Waals surface area contributed by atoms with Crippen molar-refractivity contribution in [1.82, 2.24) is 4.90 Å². The number of aliphatic carboxylic acids is 1. The van der Waals surface area contributed by atoms with E-state index in [4.69, 9.17) is 5.11 Å². The molecule has 0 amide bonds. The minimum Gasteiger partial charge on any atom is -0.481 e. The van der Waals surface area contributed by atoms with E-state index in [-0.39, 0.29) is 5.92 Å². The Kier molecular flexibility index (Phi) is 5.65. The summed E-state index contributed by atoms with van der Waals surface area (Å²) in [6.07, 6.45) is 0. The first-order valence-corrected chi connectivity index (χ1v) is 6.51. The number of hydrogen-bond donors (Lipinski definition) is 1. The summed E-state index contributed by atoms with van der Waals surface area (Å²) in [7, 11) is 0. The number of carbonyl (C=O) groups is 1. The van der Waals surface area contributed by atoms with Crippen LogP contribution < -0.4 is 0 Å². The maximum Gasteiger partial charge on any atom is 0.307 e. The average molecular weight is 300 g/mol. The van der Waals surface area contributed by atoms with Gasteiger partial charge in [-0.05, 0) is 24.2 Å². The largest absolute Gasteiger partial charge is 0.481 e. The molecule has 1 rings (SSSR count). The van der Waals surface area contributed by atoms with Gasteiger partial charge in [0.1, 0.15) is 0 Å². The summed E-state index contributed by atoms with van der Waals surface area (Å²) in [6.45, 7) is 6.02. The molecule has 1 unspecified atom stereocenters. The molecule has 1 N–H and O–H groups in total. The number of hydrogen-bond acceptors (Lipinski definition) is 2. The Bertz CT molecular complexity index is 364. The lowest BCUT2D eigenvalue weighted by Gasteiger charge is -2.22. The Morgan fingerprint density at radius 1 is 1.41 bits per heavy atom. The van der Waals surface area contributed by atoms with E-state index < -0.39 is 5.97 Å². The second-order valence-corrected chi connectivity index (χ2v) is 5.11. The Morgan fingerprint density at radius 3 is 2.47 bits per heavy atom. The third-order valence-electron chi connectivity index (χ3n) is 2.72. The molecule has 1 atom stereocenters. The van der Waals surface area contributed by atoms with Crippen molar-refractivity contribution in [2.24, 2.45) is 5.92 Å². The summed E-state index contributed by atoms with van der Waals surface area (Å²) in [5.41, 5.74) is 1.20. The lowest BCUT2D eigenvalue weighted by atomic mass is 10.1. The monoisotopic (exact) mass is 299 g/mol. The van der Waals surface area contributed by atoms with Gasteiger partial charge in [-0.1, -0.05) is 41.9 Å². The molecule has 3 nitrogen and oxygen atoms in total. The van der Waals surface area contributed by atoms with Crippen LogP contribution in [0.5, 0.6) is 0 Å². The molecule has 0 bridgehead atoms. The van der Waals surface area contributed by atoms with Gasteiger partial charge in [0, 0.05) is 17.6 Å². The Hall–Kier alpha value is -0.870. The minimum atomic E-state index is -0.737. The Labute approximate surface area is 111 Å². The highest BCUT2D eigenvalue weighted by molar-refractivity contribution is 9.10. The van der Waals surface area contributed by atoms with Gasteiger partial charge < -0.3 is 5.11 Å². The standard InChI is InChI=1S/C13H18BrNO2/c1-3-15(8-10(2)13(16)17)9-11-4-6-12(14)7-5-11/h4-7,10H,3,8-9H2,1-2H3,(H,16,17). The molecule has 94 valence electrons. The smallest absolute Gasteiger partial charge is 0.307 e. The number of nitrogens with zero attached hydrogens (tertiary/aromatic N) is 1. The normalized spacial score (nSPS) is 12.7. The zero-order valence-corrected chi connectivity index (χ0v) is 11.8. The first kappa shape index (κ1) is 14.2. The lowest BCUT2D eigenvalue weighted by molar-refractivity contribution is -0.141. The quantitative estimate of drug-likeness (QED) is 0.878. The fourth-order valence-electron chi connectivity index (χ4n) is 1.62. The SMILES string of the molecule is CCN(Cc1ccc(Br)cc1)CC(C)C(=O)O. The van der Waals surface area contributed by atoms with Crippen molar-refractivity contribution < 1.29 is 9.90 Å². The molecule has 0 radical (unpaired) electrons. The molecule has 0 aromatic heterocycles. The second-order valence-electron chi connectivity index (χ2n) is 4.19. The van der Waals surface area contributed by atoms with Crippen molar-refractivity contribution >= 4 is 21.9 Å². The third-order valence-corrected chi connectivity index (χ3v) is 3.25. The van der Waals surface area contributed by atoms with Gasteiger partial charge in [0.05, 0.1) is 5.92 Å². The summed E-state index contributed by atoms with van der Waals surface area (Å²) in [5.74, 6) is -1.07. The van der Waals surface area contributed by atoms with Crippen molar-refractivity contribution in [2.45, 2.75) is 20.4 Å². The van der Waals surface area contributed by atoms with Crippen LogP contribution in [0.1, 0.15) is 19.4 Å². The maximum absolute atomic E-state index is 10.8. The van der Waals surface area contributed by atoms with Gasteiger partial charge in [-0.25, -0.2) is 0 Å². The Balaban J connectivity index is 2.57. The number of halogens is 1. The molecule has 0 aliphatic heterocycles. The molecule has 0 saturated heterocycles. The number of benzene rings is 1. The summed E-state index contributed by atoms with van der Waals surface area (Å²) < 4.78 is 1.06. The van der Waals surface area contributed by atoms with Gasteiger partial charge in [-0.3, -0.25) is 9.69 Å². The van der Waals surface area contributed by atoms with Crippen molar-refractivity contribution in [1.29, 1.82) is 0 Å². The van der Waals surface area contributed by atoms with Crippen molar-refractivity contribution in [3.63, 3.8) is 0 Å². The van der Waals surface area contributed by atoms with Gasteiger partial charge in [-0.15, -0.1) is 0 Å². The molecule has 0 fully saturated rings. The molecule has 1 aromatic rings. The molecule has 0 spiro atoms. The zero-order chi connectivity index (χ0) is 12.8. The summed E-state index contributed by atoms with van der Waals surface area (Å²) in [6, 6.07) is 8.12. The molecule has 17 heavy (non-hydrogen) atoms. The van der Waals surface area contributed by atoms with Gasteiger partial charge in [0.2, 0.25) is 0 Å². The van der Waals surface area contributed by atoms with Crippen LogP contribution in [0, 0.1) is 5.92 Å². The van der Waals surface area contributed by atoms with Crippen LogP contribution >= 0.6 is 15.9 Å². The summed E-state index contributed by atoms with van der Waals surface area (Å²) in [5, 5.41) is 8.90. The van der Waals surface area contributed by atoms with Crippen LogP contribution in [-0.4, -0.2) is 29.1 Å². The predicted molar refractivity (Wildman–Crippen MR) is 71.9 cm³/mol.